The number of hydrogen-bond donors (Lipinski definition) is 2. The number of hydrogen-bond acceptors (Lipinski definition) is 5. The molecule has 25 heavy (non-hydrogen) atoms. The Hall–Kier alpha value is -2.25. The molecule has 3 rings (SSSR count). The topological polar surface area (TPSA) is 88.6 Å². The number of aryl methyl sites for hydroxylation is 1. The maximum absolute atomic E-state index is 12.5. The van der Waals surface area contributed by atoms with Crippen molar-refractivity contribution in [3.8, 4) is 0 Å². The number of nitrogens with two attached hydrogens (primary N) is 1. The number of furan rings is 1. The first-order chi connectivity index (χ1) is 12.1. The average Bonchev–Trinajstić information content (AvgIpc) is 3.13. The summed E-state index contributed by atoms with van der Waals surface area (Å²) in [6.07, 6.45) is 1.39. The highest BCUT2D eigenvalue weighted by Gasteiger charge is 2.19. The molecule has 1 fully saturated rings. The van der Waals surface area contributed by atoms with Crippen LogP contribution in [0.4, 0.5) is 5.69 Å². The minimum Gasteiger partial charge on any atom is -0.467 e. The van der Waals surface area contributed by atoms with E-state index in [1.807, 2.05) is 29.7 Å². The molecular formula is C18H21N3O3S. The van der Waals surface area contributed by atoms with Gasteiger partial charge in [-0.3, -0.25) is 9.59 Å². The van der Waals surface area contributed by atoms with Gasteiger partial charge in [-0.15, -0.1) is 0 Å². The van der Waals surface area contributed by atoms with Crippen molar-refractivity contribution in [1.29, 1.82) is 0 Å². The molecule has 6 nitrogen and oxygen atoms in total. The van der Waals surface area contributed by atoms with E-state index in [0.29, 0.717) is 22.6 Å². The van der Waals surface area contributed by atoms with Crippen LogP contribution >= 0.6 is 11.8 Å². The van der Waals surface area contributed by atoms with Crippen molar-refractivity contribution in [3.63, 3.8) is 0 Å². The van der Waals surface area contributed by atoms with Crippen LogP contribution < -0.4 is 11.1 Å². The van der Waals surface area contributed by atoms with E-state index in [-0.39, 0.29) is 18.4 Å². The minimum absolute atomic E-state index is 0.0451. The Morgan fingerprint density at radius 3 is 2.64 bits per heavy atom. The summed E-state index contributed by atoms with van der Waals surface area (Å²) in [7, 11) is 0. The first kappa shape index (κ1) is 17.6. The molecule has 1 aromatic carbocycles. The zero-order valence-corrected chi connectivity index (χ0v) is 14.9. The molecule has 0 radical (unpaired) electrons. The lowest BCUT2D eigenvalue weighted by molar-refractivity contribution is 0.0772. The van der Waals surface area contributed by atoms with Crippen LogP contribution in [-0.2, 0) is 6.54 Å². The van der Waals surface area contributed by atoms with E-state index in [9.17, 15) is 9.59 Å². The first-order valence-electron chi connectivity index (χ1n) is 8.15. The van der Waals surface area contributed by atoms with E-state index in [0.717, 1.165) is 30.2 Å². The van der Waals surface area contributed by atoms with Gasteiger partial charge >= 0.3 is 0 Å². The number of anilines is 1. The molecule has 0 aliphatic carbocycles. The Labute approximate surface area is 150 Å². The molecule has 1 aliphatic rings. The summed E-state index contributed by atoms with van der Waals surface area (Å²) in [5, 5.41) is 2.84. The van der Waals surface area contributed by atoms with Gasteiger partial charge in [-0.25, -0.2) is 0 Å². The van der Waals surface area contributed by atoms with Gasteiger partial charge < -0.3 is 20.4 Å². The Morgan fingerprint density at radius 2 is 2.00 bits per heavy atom. The van der Waals surface area contributed by atoms with Crippen LogP contribution in [0.25, 0.3) is 0 Å². The average molecular weight is 359 g/mol. The molecule has 1 aliphatic heterocycles. The van der Waals surface area contributed by atoms with E-state index in [1.54, 1.807) is 18.2 Å². The molecule has 7 heteroatoms. The number of rotatable bonds is 4. The zero-order valence-electron chi connectivity index (χ0n) is 14.1. The van der Waals surface area contributed by atoms with Crippen LogP contribution in [0.3, 0.4) is 0 Å². The van der Waals surface area contributed by atoms with Gasteiger partial charge in [0.15, 0.2) is 0 Å². The predicted molar refractivity (Wildman–Crippen MR) is 99.0 cm³/mol. The molecule has 132 valence electrons. The number of benzene rings is 1. The largest absolute Gasteiger partial charge is 0.467 e. The second-order valence-electron chi connectivity index (χ2n) is 5.89. The van der Waals surface area contributed by atoms with Gasteiger partial charge in [0.1, 0.15) is 12.0 Å². The molecule has 0 spiro atoms. The second-order valence-corrected chi connectivity index (χ2v) is 7.12. The Morgan fingerprint density at radius 1 is 1.24 bits per heavy atom. The quantitative estimate of drug-likeness (QED) is 0.875. The minimum atomic E-state index is -0.265. The summed E-state index contributed by atoms with van der Waals surface area (Å²) in [5.41, 5.74) is 8.07. The van der Waals surface area contributed by atoms with Gasteiger partial charge in [0.05, 0.1) is 12.1 Å². The van der Waals surface area contributed by atoms with Crippen molar-refractivity contribution in [1.82, 2.24) is 4.90 Å². The lowest BCUT2D eigenvalue weighted by Gasteiger charge is -2.26. The number of thioether (sulfide) groups is 1. The molecular weight excluding hydrogens is 338 g/mol. The monoisotopic (exact) mass is 359 g/mol. The van der Waals surface area contributed by atoms with E-state index >= 15 is 0 Å². The number of nitrogens with zero attached hydrogens (tertiary/aromatic N) is 1. The fourth-order valence-electron chi connectivity index (χ4n) is 2.69. The lowest BCUT2D eigenvalue weighted by atomic mass is 10.1. The number of carbonyl (C=O) groups excluding carboxylic acids is 2. The van der Waals surface area contributed by atoms with Crippen LogP contribution in [0.15, 0.2) is 34.9 Å². The molecule has 2 aromatic rings. The van der Waals surface area contributed by atoms with Crippen LogP contribution in [0.5, 0.6) is 0 Å². The van der Waals surface area contributed by atoms with Crippen LogP contribution in [0.2, 0.25) is 0 Å². The van der Waals surface area contributed by atoms with Crippen LogP contribution in [-0.4, -0.2) is 41.3 Å². The smallest absolute Gasteiger partial charge is 0.258 e. The maximum atomic E-state index is 12.5. The third kappa shape index (κ3) is 4.05. The molecule has 1 aromatic heterocycles. The lowest BCUT2D eigenvalue weighted by Crippen LogP contribution is -2.37. The molecule has 1 saturated heterocycles. The van der Waals surface area contributed by atoms with E-state index in [1.165, 1.54) is 6.26 Å². The van der Waals surface area contributed by atoms with Crippen molar-refractivity contribution >= 4 is 29.3 Å². The summed E-state index contributed by atoms with van der Waals surface area (Å²) >= 11 is 1.87. The van der Waals surface area contributed by atoms with Crippen molar-refractivity contribution < 1.29 is 14.0 Å². The van der Waals surface area contributed by atoms with Gasteiger partial charge in [0, 0.05) is 35.8 Å². The van der Waals surface area contributed by atoms with Crippen molar-refractivity contribution in [2.75, 3.05) is 29.9 Å². The van der Waals surface area contributed by atoms with Gasteiger partial charge in [-0.05, 0) is 36.8 Å². The number of nitrogens with one attached hydrogen (secondary N) is 1. The Bertz CT molecular complexity index is 782. The molecule has 2 heterocycles. The highest BCUT2D eigenvalue weighted by Crippen LogP contribution is 2.20. The number of carbonyl (C=O) groups is 2. The highest BCUT2D eigenvalue weighted by atomic mass is 32.2. The predicted octanol–water partition coefficient (Wildman–Crippen LogP) is 2.49. The van der Waals surface area contributed by atoms with Gasteiger partial charge in [-0.2, -0.15) is 11.8 Å². The molecule has 3 N–H and O–H groups in total. The zero-order chi connectivity index (χ0) is 17.8. The van der Waals surface area contributed by atoms with Gasteiger partial charge in [0.2, 0.25) is 0 Å². The normalized spacial score (nSPS) is 14.4. The van der Waals surface area contributed by atoms with Crippen molar-refractivity contribution in [3.05, 3.63) is 53.0 Å². The fourth-order valence-corrected chi connectivity index (χ4v) is 3.59. The molecule has 0 atom stereocenters. The van der Waals surface area contributed by atoms with Crippen LogP contribution in [0, 0.1) is 6.92 Å². The van der Waals surface area contributed by atoms with Gasteiger partial charge in [0.25, 0.3) is 11.8 Å². The van der Waals surface area contributed by atoms with E-state index < -0.39 is 0 Å². The Balaban J connectivity index is 1.71. The van der Waals surface area contributed by atoms with E-state index in [2.05, 4.69) is 5.32 Å². The van der Waals surface area contributed by atoms with E-state index in [4.69, 9.17) is 10.2 Å². The van der Waals surface area contributed by atoms with Crippen molar-refractivity contribution in [2.45, 2.75) is 13.5 Å². The molecule has 2 amide bonds. The van der Waals surface area contributed by atoms with Crippen LogP contribution in [0.1, 0.15) is 32.0 Å². The highest BCUT2D eigenvalue weighted by molar-refractivity contribution is 7.99. The standard InChI is InChI=1S/C18H21N3O3S/c1-12-8-13(18(23)21-4-6-25-7-5-21)2-3-16(12)20-17(22)14-9-15(10-19)24-11-14/h2-3,8-9,11H,4-7,10,19H2,1H3,(H,20,22). The molecule has 0 unspecified atom stereocenters. The summed E-state index contributed by atoms with van der Waals surface area (Å²) in [4.78, 5) is 26.7. The third-order valence-corrected chi connectivity index (χ3v) is 5.08. The molecule has 0 bridgehead atoms. The summed E-state index contributed by atoms with van der Waals surface area (Å²) in [6, 6.07) is 6.97. The summed E-state index contributed by atoms with van der Waals surface area (Å²) in [5.74, 6) is 2.30. The number of amides is 2. The SMILES string of the molecule is Cc1cc(C(=O)N2CCSCC2)ccc1NC(=O)c1coc(CN)c1. The first-order valence-corrected chi connectivity index (χ1v) is 9.30. The fraction of sp³-hybridized carbons (Fsp3) is 0.333. The second kappa shape index (κ2) is 7.76. The maximum Gasteiger partial charge on any atom is 0.258 e. The Kier molecular flexibility index (Phi) is 5.45. The summed E-state index contributed by atoms with van der Waals surface area (Å²) in [6.45, 7) is 3.69. The molecule has 0 saturated carbocycles. The third-order valence-electron chi connectivity index (χ3n) is 4.14. The summed E-state index contributed by atoms with van der Waals surface area (Å²) < 4.78 is 5.18. The van der Waals surface area contributed by atoms with Crippen molar-refractivity contribution in [2.24, 2.45) is 5.73 Å². The van der Waals surface area contributed by atoms with Gasteiger partial charge in [-0.1, -0.05) is 0 Å².